The molecule has 1 N–H and O–H groups in total. The molecule has 7 heteroatoms. The van der Waals surface area contributed by atoms with Gasteiger partial charge in [-0.15, -0.1) is 11.3 Å². The van der Waals surface area contributed by atoms with Crippen molar-refractivity contribution in [3.63, 3.8) is 0 Å². The zero-order valence-corrected chi connectivity index (χ0v) is 11.9. The van der Waals surface area contributed by atoms with Gasteiger partial charge in [0.15, 0.2) is 5.13 Å². The first-order valence-corrected chi connectivity index (χ1v) is 7.72. The first kappa shape index (κ1) is 13.5. The maximum absolute atomic E-state index is 12.4. The third-order valence-electron chi connectivity index (χ3n) is 3.78. The van der Waals surface area contributed by atoms with Gasteiger partial charge in [0.1, 0.15) is 6.04 Å². The molecule has 3 heterocycles. The number of nitrogens with one attached hydrogen (secondary N) is 1. The fraction of sp³-hybridized carbons (Fsp3) is 0.615. The second-order valence-electron chi connectivity index (χ2n) is 5.08. The Bertz CT molecular complexity index is 485. The fourth-order valence-electron chi connectivity index (χ4n) is 2.74. The van der Waals surface area contributed by atoms with E-state index in [9.17, 15) is 9.59 Å². The van der Waals surface area contributed by atoms with Crippen LogP contribution in [0.4, 0.5) is 5.13 Å². The van der Waals surface area contributed by atoms with Crippen molar-refractivity contribution in [2.75, 3.05) is 25.1 Å². The van der Waals surface area contributed by atoms with Crippen molar-refractivity contribution in [3.8, 4) is 0 Å². The van der Waals surface area contributed by atoms with E-state index in [0.717, 1.165) is 19.3 Å². The first-order chi connectivity index (χ1) is 9.75. The molecule has 2 atom stereocenters. The minimum atomic E-state index is -0.369. The number of aromatic nitrogens is 1. The number of carbonyl (C=O) groups excluding carboxylic acids is 2. The molecule has 1 aromatic rings. The van der Waals surface area contributed by atoms with Crippen LogP contribution in [-0.4, -0.2) is 47.5 Å². The van der Waals surface area contributed by atoms with Gasteiger partial charge in [0, 0.05) is 24.7 Å². The number of amides is 2. The van der Waals surface area contributed by atoms with E-state index >= 15 is 0 Å². The number of likely N-dealkylation sites (tertiary alicyclic amines) is 1. The Morgan fingerprint density at radius 2 is 2.35 bits per heavy atom. The Labute approximate surface area is 121 Å². The van der Waals surface area contributed by atoms with Crippen LogP contribution >= 0.6 is 11.3 Å². The van der Waals surface area contributed by atoms with Crippen LogP contribution in [0.25, 0.3) is 0 Å². The molecule has 2 amide bonds. The third kappa shape index (κ3) is 2.69. The highest BCUT2D eigenvalue weighted by Crippen LogP contribution is 2.24. The molecule has 2 aliphatic heterocycles. The Balaban J connectivity index is 1.65. The summed E-state index contributed by atoms with van der Waals surface area (Å²) in [7, 11) is 0. The molecule has 0 saturated carbocycles. The lowest BCUT2D eigenvalue weighted by Crippen LogP contribution is -2.45. The molecule has 3 rings (SSSR count). The van der Waals surface area contributed by atoms with Crippen molar-refractivity contribution in [1.82, 2.24) is 9.88 Å². The molecule has 0 radical (unpaired) electrons. The van der Waals surface area contributed by atoms with Crippen LogP contribution < -0.4 is 5.32 Å². The fourth-order valence-corrected chi connectivity index (χ4v) is 3.27. The maximum Gasteiger partial charge on any atom is 0.248 e. The van der Waals surface area contributed by atoms with Gasteiger partial charge in [-0.1, -0.05) is 0 Å². The second-order valence-corrected chi connectivity index (χ2v) is 5.97. The van der Waals surface area contributed by atoms with Gasteiger partial charge in [-0.3, -0.25) is 9.59 Å². The van der Waals surface area contributed by atoms with Crippen LogP contribution in [0, 0.1) is 5.92 Å². The predicted octanol–water partition coefficient (Wildman–Crippen LogP) is 1.11. The van der Waals surface area contributed by atoms with Crippen LogP contribution in [0.2, 0.25) is 0 Å². The molecule has 2 aliphatic rings. The van der Waals surface area contributed by atoms with E-state index in [1.54, 1.807) is 11.1 Å². The molecule has 0 aromatic carbocycles. The van der Waals surface area contributed by atoms with Crippen LogP contribution in [0.5, 0.6) is 0 Å². The van der Waals surface area contributed by atoms with Gasteiger partial charge in [-0.25, -0.2) is 4.98 Å². The van der Waals surface area contributed by atoms with Crippen LogP contribution in [0.1, 0.15) is 19.3 Å². The molecule has 0 aliphatic carbocycles. The van der Waals surface area contributed by atoms with Gasteiger partial charge in [-0.2, -0.15) is 0 Å². The molecule has 6 nitrogen and oxygen atoms in total. The highest BCUT2D eigenvalue weighted by atomic mass is 32.1. The summed E-state index contributed by atoms with van der Waals surface area (Å²) >= 11 is 1.38. The number of rotatable bonds is 3. The molecule has 1 aromatic heterocycles. The standard InChI is InChI=1S/C13H17N3O3S/c17-11(15-13-14-4-7-20-13)10-2-1-5-16(10)12(18)9-3-6-19-8-9/h4,7,9-10H,1-3,5-6,8H2,(H,14,15,17). The number of ether oxygens (including phenoxy) is 1. The highest BCUT2D eigenvalue weighted by molar-refractivity contribution is 7.13. The molecule has 0 spiro atoms. The summed E-state index contributed by atoms with van der Waals surface area (Å²) in [5.74, 6) is -0.160. The summed E-state index contributed by atoms with van der Waals surface area (Å²) < 4.78 is 5.26. The van der Waals surface area contributed by atoms with E-state index in [4.69, 9.17) is 4.74 Å². The molecule has 2 unspecified atom stereocenters. The number of nitrogens with zero attached hydrogens (tertiary/aromatic N) is 2. The summed E-state index contributed by atoms with van der Waals surface area (Å²) in [5.41, 5.74) is 0. The molecule has 2 fully saturated rings. The van der Waals surface area contributed by atoms with Crippen molar-refractivity contribution in [2.45, 2.75) is 25.3 Å². The average molecular weight is 295 g/mol. The van der Waals surface area contributed by atoms with E-state index in [2.05, 4.69) is 10.3 Å². The predicted molar refractivity (Wildman–Crippen MR) is 74.4 cm³/mol. The van der Waals surface area contributed by atoms with Gasteiger partial charge in [0.2, 0.25) is 11.8 Å². The Hall–Kier alpha value is -1.47. The van der Waals surface area contributed by atoms with E-state index in [1.165, 1.54) is 11.3 Å². The van der Waals surface area contributed by atoms with Gasteiger partial charge < -0.3 is 15.0 Å². The van der Waals surface area contributed by atoms with Crippen LogP contribution in [0.15, 0.2) is 11.6 Å². The van der Waals surface area contributed by atoms with Gasteiger partial charge in [-0.05, 0) is 19.3 Å². The molecule has 0 bridgehead atoms. The van der Waals surface area contributed by atoms with E-state index in [0.29, 0.717) is 24.9 Å². The Kier molecular flexibility index (Phi) is 3.98. The normalized spacial score (nSPS) is 25.9. The lowest BCUT2D eigenvalue weighted by molar-refractivity contribution is -0.140. The SMILES string of the molecule is O=C(Nc1nccs1)C1CCCN1C(=O)C1CCOC1. The quantitative estimate of drug-likeness (QED) is 0.906. The van der Waals surface area contributed by atoms with Crippen molar-refractivity contribution in [2.24, 2.45) is 5.92 Å². The van der Waals surface area contributed by atoms with Gasteiger partial charge in [0.25, 0.3) is 0 Å². The highest BCUT2D eigenvalue weighted by Gasteiger charge is 2.38. The van der Waals surface area contributed by atoms with E-state index in [1.807, 2.05) is 5.38 Å². The molecular weight excluding hydrogens is 278 g/mol. The summed E-state index contributed by atoms with van der Waals surface area (Å²) in [6.07, 6.45) is 4.00. The zero-order valence-electron chi connectivity index (χ0n) is 11.1. The monoisotopic (exact) mass is 295 g/mol. The first-order valence-electron chi connectivity index (χ1n) is 6.84. The van der Waals surface area contributed by atoms with E-state index in [-0.39, 0.29) is 23.8 Å². The molecule has 20 heavy (non-hydrogen) atoms. The van der Waals surface area contributed by atoms with Gasteiger partial charge >= 0.3 is 0 Å². The van der Waals surface area contributed by atoms with Crippen molar-refractivity contribution >= 4 is 28.3 Å². The minimum Gasteiger partial charge on any atom is -0.381 e. The van der Waals surface area contributed by atoms with Gasteiger partial charge in [0.05, 0.1) is 12.5 Å². The number of thiazole rings is 1. The number of carbonyl (C=O) groups is 2. The van der Waals surface area contributed by atoms with Crippen LogP contribution in [0.3, 0.4) is 0 Å². The lowest BCUT2D eigenvalue weighted by Gasteiger charge is -2.25. The zero-order chi connectivity index (χ0) is 13.9. The van der Waals surface area contributed by atoms with E-state index < -0.39 is 0 Å². The molecule has 108 valence electrons. The Morgan fingerprint density at radius 1 is 1.45 bits per heavy atom. The number of anilines is 1. The molecule has 2 saturated heterocycles. The summed E-state index contributed by atoms with van der Waals surface area (Å²) in [4.78, 5) is 30.4. The lowest BCUT2D eigenvalue weighted by atomic mass is 10.1. The topological polar surface area (TPSA) is 71.5 Å². The number of hydrogen-bond acceptors (Lipinski definition) is 5. The average Bonchev–Trinajstić information content (AvgIpc) is 3.19. The third-order valence-corrected chi connectivity index (χ3v) is 4.47. The van der Waals surface area contributed by atoms with Crippen LogP contribution in [-0.2, 0) is 14.3 Å². The number of hydrogen-bond donors (Lipinski definition) is 1. The minimum absolute atomic E-state index is 0.0549. The summed E-state index contributed by atoms with van der Waals surface area (Å²) in [5, 5.41) is 5.17. The maximum atomic E-state index is 12.4. The van der Waals surface area contributed by atoms with Crippen molar-refractivity contribution in [3.05, 3.63) is 11.6 Å². The summed E-state index contributed by atoms with van der Waals surface area (Å²) in [6.45, 7) is 1.78. The smallest absolute Gasteiger partial charge is 0.248 e. The van der Waals surface area contributed by atoms with Crippen molar-refractivity contribution in [1.29, 1.82) is 0 Å². The Morgan fingerprint density at radius 3 is 3.05 bits per heavy atom. The largest absolute Gasteiger partial charge is 0.381 e. The summed E-state index contributed by atoms with van der Waals surface area (Å²) in [6, 6.07) is -0.369. The second kappa shape index (κ2) is 5.88. The van der Waals surface area contributed by atoms with Crippen molar-refractivity contribution < 1.29 is 14.3 Å². The molecular formula is C13H17N3O3S.